The topological polar surface area (TPSA) is 20.2 Å². The number of phenols is 1. The van der Waals surface area contributed by atoms with Crippen LogP contribution in [0, 0.1) is 0 Å². The molecule has 0 aromatic heterocycles. The summed E-state index contributed by atoms with van der Waals surface area (Å²) in [6, 6.07) is 1.74. The van der Waals surface area contributed by atoms with Crippen LogP contribution in [-0.4, -0.2) is 5.11 Å². The second-order valence-electron chi connectivity index (χ2n) is 7.18. The van der Waals surface area contributed by atoms with Crippen LogP contribution < -0.4 is 0 Å². The van der Waals surface area contributed by atoms with Gasteiger partial charge in [0.25, 0.3) is 0 Å². The molecule has 0 bridgehead atoms. The number of rotatable bonds is 1. The average Bonchev–Trinajstić information content (AvgIpc) is 2.56. The van der Waals surface area contributed by atoms with Gasteiger partial charge in [-0.15, -0.1) is 0 Å². The lowest BCUT2D eigenvalue weighted by Crippen LogP contribution is -2.33. The summed E-state index contributed by atoms with van der Waals surface area (Å²) in [5.41, 5.74) is 2.28. The van der Waals surface area contributed by atoms with Crippen LogP contribution in [0.4, 0.5) is 0 Å². The van der Waals surface area contributed by atoms with Gasteiger partial charge in [0.2, 0.25) is 0 Å². The quantitative estimate of drug-likeness (QED) is 0.743. The molecule has 1 nitrogen and oxygen atoms in total. The Hall–Kier alpha value is -1.76. The summed E-state index contributed by atoms with van der Waals surface area (Å²) in [5.74, 6) is -0.0481. The van der Waals surface area contributed by atoms with Gasteiger partial charge in [0, 0.05) is 5.56 Å². The van der Waals surface area contributed by atoms with Crippen molar-refractivity contribution in [2.75, 3.05) is 0 Å². The molecular formula is C20H24O. The largest absolute Gasteiger partial charge is 0.507 e. The van der Waals surface area contributed by atoms with Crippen molar-refractivity contribution < 1.29 is 12.0 Å². The molecule has 1 aliphatic rings. The molecule has 3 rings (SSSR count). The van der Waals surface area contributed by atoms with E-state index in [2.05, 4.69) is 27.7 Å². The molecule has 0 saturated carbocycles. The highest BCUT2D eigenvalue weighted by Gasteiger charge is 2.37. The lowest BCUT2D eigenvalue weighted by Gasteiger charge is -2.42. The van der Waals surface area contributed by atoms with Crippen molar-refractivity contribution in [1.82, 2.24) is 0 Å². The van der Waals surface area contributed by atoms with Crippen LogP contribution >= 0.6 is 0 Å². The maximum absolute atomic E-state index is 10.7. The minimum absolute atomic E-state index is 0.0481. The zero-order valence-corrected chi connectivity index (χ0v) is 13.0. The Labute approximate surface area is 134 Å². The standard InChI is InChI=1S/C20H24O/c1-19(2)10-11-20(3,4)17-13-18(21)15(12-16(17)19)14-8-6-5-7-9-14/h5-9,12-13,21H,10-11H2,1-4H3/i5D,6D,7D,8D,9D. The average molecular weight is 285 g/mol. The van der Waals surface area contributed by atoms with Crippen LogP contribution in [-0.2, 0) is 10.8 Å². The summed E-state index contributed by atoms with van der Waals surface area (Å²) < 4.78 is 40.0. The minimum atomic E-state index is -0.428. The van der Waals surface area contributed by atoms with Gasteiger partial charge in [0.05, 0.1) is 6.85 Å². The van der Waals surface area contributed by atoms with E-state index in [4.69, 9.17) is 6.85 Å². The van der Waals surface area contributed by atoms with Crippen LogP contribution in [0.1, 0.15) is 58.5 Å². The lowest BCUT2D eigenvalue weighted by atomic mass is 9.62. The first kappa shape index (κ1) is 9.30. The van der Waals surface area contributed by atoms with E-state index in [1.54, 1.807) is 6.07 Å². The van der Waals surface area contributed by atoms with E-state index in [1.807, 2.05) is 6.07 Å². The van der Waals surface area contributed by atoms with Crippen LogP contribution in [0.15, 0.2) is 42.3 Å². The lowest BCUT2D eigenvalue weighted by molar-refractivity contribution is 0.330. The highest BCUT2D eigenvalue weighted by Crippen LogP contribution is 2.48. The molecule has 0 radical (unpaired) electrons. The van der Waals surface area contributed by atoms with Gasteiger partial charge in [-0.25, -0.2) is 0 Å². The summed E-state index contributed by atoms with van der Waals surface area (Å²) in [5, 5.41) is 10.7. The highest BCUT2D eigenvalue weighted by atomic mass is 16.3. The fourth-order valence-electron chi connectivity index (χ4n) is 3.19. The van der Waals surface area contributed by atoms with Gasteiger partial charge in [-0.1, -0.05) is 57.9 Å². The number of hydrogen-bond donors (Lipinski definition) is 1. The van der Waals surface area contributed by atoms with Gasteiger partial charge in [0.1, 0.15) is 5.75 Å². The number of fused-ring (bicyclic) bond motifs is 1. The number of phenolic OH excluding ortho intramolecular Hbond substituents is 1. The van der Waals surface area contributed by atoms with Crippen LogP contribution in [0.3, 0.4) is 0 Å². The fraction of sp³-hybridized carbons (Fsp3) is 0.400. The summed E-state index contributed by atoms with van der Waals surface area (Å²) in [7, 11) is 0. The van der Waals surface area contributed by atoms with Crippen molar-refractivity contribution in [3.05, 3.63) is 53.5 Å². The molecule has 1 aliphatic carbocycles. The molecule has 0 spiro atoms. The molecule has 1 heteroatoms. The third-order valence-corrected chi connectivity index (χ3v) is 4.74. The maximum atomic E-state index is 10.7. The molecule has 2 aromatic rings. The molecule has 2 aromatic carbocycles. The number of hydrogen-bond acceptors (Lipinski definition) is 1. The Morgan fingerprint density at radius 1 is 0.905 bits per heavy atom. The first-order chi connectivity index (χ1) is 11.9. The van der Waals surface area contributed by atoms with Crippen molar-refractivity contribution in [2.24, 2.45) is 0 Å². The molecule has 0 atom stereocenters. The summed E-state index contributed by atoms with van der Waals surface area (Å²) in [4.78, 5) is 0. The second kappa shape index (κ2) is 4.62. The zero-order chi connectivity index (χ0) is 19.6. The Bertz CT molecular complexity index is 886. The maximum Gasteiger partial charge on any atom is 0.123 e. The van der Waals surface area contributed by atoms with E-state index in [0.29, 0.717) is 5.56 Å². The van der Waals surface area contributed by atoms with E-state index < -0.39 is 18.1 Å². The van der Waals surface area contributed by atoms with E-state index >= 15 is 0 Å². The van der Waals surface area contributed by atoms with E-state index in [-0.39, 0.29) is 34.2 Å². The normalized spacial score (nSPS) is 22.4. The SMILES string of the molecule is [2H]c1c([2H])c([2H])c(-c2cc3c(cc2O)C(C)(C)CCC3(C)C)c([2H])c1[2H]. The summed E-state index contributed by atoms with van der Waals surface area (Å²) >= 11 is 0. The zero-order valence-electron chi connectivity index (χ0n) is 18.0. The Morgan fingerprint density at radius 3 is 2.00 bits per heavy atom. The van der Waals surface area contributed by atoms with Crippen molar-refractivity contribution >= 4 is 0 Å². The van der Waals surface area contributed by atoms with E-state index in [1.165, 1.54) is 0 Å². The Morgan fingerprint density at radius 2 is 1.43 bits per heavy atom. The van der Waals surface area contributed by atoms with Crippen LogP contribution in [0.2, 0.25) is 0 Å². The molecule has 0 heterocycles. The molecular weight excluding hydrogens is 256 g/mol. The van der Waals surface area contributed by atoms with Crippen molar-refractivity contribution in [2.45, 2.75) is 51.4 Å². The van der Waals surface area contributed by atoms with Crippen molar-refractivity contribution in [3.63, 3.8) is 0 Å². The van der Waals surface area contributed by atoms with Gasteiger partial charge in [-0.3, -0.25) is 0 Å². The van der Waals surface area contributed by atoms with Gasteiger partial charge >= 0.3 is 0 Å². The molecule has 0 unspecified atom stereocenters. The number of benzene rings is 2. The van der Waals surface area contributed by atoms with Gasteiger partial charge in [-0.2, -0.15) is 0 Å². The smallest absolute Gasteiger partial charge is 0.123 e. The molecule has 110 valence electrons. The highest BCUT2D eigenvalue weighted by molar-refractivity contribution is 5.72. The predicted octanol–water partition coefficient (Wildman–Crippen LogP) is 5.41. The summed E-state index contributed by atoms with van der Waals surface area (Å²) in [6.45, 7) is 8.57. The third-order valence-electron chi connectivity index (χ3n) is 4.74. The third kappa shape index (κ3) is 2.35. The monoisotopic (exact) mass is 285 g/mol. The van der Waals surface area contributed by atoms with E-state index in [0.717, 1.165) is 24.0 Å². The van der Waals surface area contributed by atoms with Crippen LogP contribution in [0.5, 0.6) is 5.75 Å². The molecule has 0 amide bonds. The molecule has 1 N–H and O–H groups in total. The molecule has 0 fully saturated rings. The number of aromatic hydroxyl groups is 1. The molecule has 0 saturated heterocycles. The first-order valence-corrected chi connectivity index (χ1v) is 7.34. The fourth-order valence-corrected chi connectivity index (χ4v) is 3.19. The Kier molecular flexibility index (Phi) is 2.05. The Balaban J connectivity index is 2.37. The van der Waals surface area contributed by atoms with E-state index in [9.17, 15) is 5.11 Å². The van der Waals surface area contributed by atoms with Gasteiger partial charge < -0.3 is 5.11 Å². The first-order valence-electron chi connectivity index (χ1n) is 9.84. The van der Waals surface area contributed by atoms with Gasteiger partial charge in [-0.05, 0) is 52.5 Å². The van der Waals surface area contributed by atoms with Gasteiger partial charge in [0.15, 0.2) is 0 Å². The molecule has 21 heavy (non-hydrogen) atoms. The second-order valence-corrected chi connectivity index (χ2v) is 7.18. The predicted molar refractivity (Wildman–Crippen MR) is 88.8 cm³/mol. The molecule has 0 aliphatic heterocycles. The minimum Gasteiger partial charge on any atom is -0.507 e. The van der Waals surface area contributed by atoms with Crippen molar-refractivity contribution in [1.29, 1.82) is 0 Å². The summed E-state index contributed by atoms with van der Waals surface area (Å²) in [6.07, 6.45) is 1.98. The van der Waals surface area contributed by atoms with Crippen molar-refractivity contribution in [3.8, 4) is 16.9 Å². The van der Waals surface area contributed by atoms with Crippen LogP contribution in [0.25, 0.3) is 11.1 Å².